The summed E-state index contributed by atoms with van der Waals surface area (Å²) < 4.78 is 5.17. The summed E-state index contributed by atoms with van der Waals surface area (Å²) in [7, 11) is 0. The molecule has 1 aromatic carbocycles. The van der Waals surface area contributed by atoms with Gasteiger partial charge in [0, 0.05) is 24.2 Å². The molecule has 0 radical (unpaired) electrons. The van der Waals surface area contributed by atoms with Crippen molar-refractivity contribution in [2.24, 2.45) is 0 Å². The topological polar surface area (TPSA) is 50.4 Å². The highest BCUT2D eigenvalue weighted by atomic mass is 35.5. The second-order valence-electron chi connectivity index (χ2n) is 5.76. The number of carbonyl (C=O) groups excluding carboxylic acids is 1. The number of amides is 1. The van der Waals surface area contributed by atoms with Crippen molar-refractivity contribution in [3.05, 3.63) is 34.9 Å². The maximum absolute atomic E-state index is 11.5. The Morgan fingerprint density at radius 3 is 2.60 bits per heavy atom. The van der Waals surface area contributed by atoms with E-state index < -0.39 is 11.7 Å². The van der Waals surface area contributed by atoms with Crippen LogP contribution in [0.25, 0.3) is 0 Å². The molecule has 20 heavy (non-hydrogen) atoms. The Bertz CT molecular complexity index is 444. The summed E-state index contributed by atoms with van der Waals surface area (Å²) in [4.78, 5) is 11.5. The molecule has 0 aliphatic rings. The minimum Gasteiger partial charge on any atom is -0.444 e. The fourth-order valence-corrected chi connectivity index (χ4v) is 1.75. The Kier molecular flexibility index (Phi) is 6.30. The SMILES string of the molecule is CC(CNC(=O)OC(C)(C)C)NCc1ccccc1Cl. The molecule has 2 N–H and O–H groups in total. The molecular formula is C15H23ClN2O2. The van der Waals surface area contributed by atoms with Crippen LogP contribution in [0.1, 0.15) is 33.3 Å². The second kappa shape index (κ2) is 7.50. The van der Waals surface area contributed by atoms with E-state index in [1.54, 1.807) is 0 Å². The Balaban J connectivity index is 2.29. The van der Waals surface area contributed by atoms with Gasteiger partial charge >= 0.3 is 6.09 Å². The molecule has 0 heterocycles. The average Bonchev–Trinajstić information content (AvgIpc) is 2.33. The minimum atomic E-state index is -0.474. The van der Waals surface area contributed by atoms with Gasteiger partial charge in [-0.3, -0.25) is 0 Å². The van der Waals surface area contributed by atoms with Crippen LogP contribution in [-0.4, -0.2) is 24.3 Å². The van der Waals surface area contributed by atoms with Crippen LogP contribution in [-0.2, 0) is 11.3 Å². The first-order valence-corrected chi connectivity index (χ1v) is 7.09. The van der Waals surface area contributed by atoms with Gasteiger partial charge in [0.1, 0.15) is 5.60 Å². The molecule has 0 bridgehead atoms. The van der Waals surface area contributed by atoms with Crippen LogP contribution in [0.3, 0.4) is 0 Å². The number of halogens is 1. The van der Waals surface area contributed by atoms with Crippen molar-refractivity contribution in [3.63, 3.8) is 0 Å². The van der Waals surface area contributed by atoms with Crippen LogP contribution in [0.5, 0.6) is 0 Å². The fraction of sp³-hybridized carbons (Fsp3) is 0.533. The molecule has 0 saturated carbocycles. The third kappa shape index (κ3) is 6.78. The number of benzene rings is 1. The number of alkyl carbamates (subject to hydrolysis) is 1. The number of hydrogen-bond donors (Lipinski definition) is 2. The number of ether oxygens (including phenoxy) is 1. The lowest BCUT2D eigenvalue weighted by Crippen LogP contribution is -2.41. The standard InChI is InChI=1S/C15H23ClN2O2/c1-11(9-18-14(19)20-15(2,3)4)17-10-12-7-5-6-8-13(12)16/h5-8,11,17H,9-10H2,1-4H3,(H,18,19). The van der Waals surface area contributed by atoms with Crippen LogP contribution in [0.4, 0.5) is 4.79 Å². The second-order valence-corrected chi connectivity index (χ2v) is 6.16. The average molecular weight is 299 g/mol. The van der Waals surface area contributed by atoms with Crippen molar-refractivity contribution in [1.82, 2.24) is 10.6 Å². The van der Waals surface area contributed by atoms with Crippen molar-refractivity contribution < 1.29 is 9.53 Å². The molecule has 5 heteroatoms. The zero-order valence-corrected chi connectivity index (χ0v) is 13.3. The van der Waals surface area contributed by atoms with Crippen molar-refractivity contribution >= 4 is 17.7 Å². The van der Waals surface area contributed by atoms with E-state index >= 15 is 0 Å². The molecule has 1 amide bonds. The van der Waals surface area contributed by atoms with Gasteiger partial charge in [0.15, 0.2) is 0 Å². The Hall–Kier alpha value is -1.26. The maximum Gasteiger partial charge on any atom is 0.407 e. The molecule has 4 nitrogen and oxygen atoms in total. The number of hydrogen-bond acceptors (Lipinski definition) is 3. The molecule has 0 spiro atoms. The van der Waals surface area contributed by atoms with Gasteiger partial charge in [0.05, 0.1) is 0 Å². The third-order valence-electron chi connectivity index (χ3n) is 2.55. The normalized spacial score (nSPS) is 12.8. The summed E-state index contributed by atoms with van der Waals surface area (Å²) in [5, 5.41) is 6.78. The monoisotopic (exact) mass is 298 g/mol. The van der Waals surface area contributed by atoms with Gasteiger partial charge in [-0.05, 0) is 39.3 Å². The maximum atomic E-state index is 11.5. The van der Waals surface area contributed by atoms with Gasteiger partial charge in [-0.25, -0.2) is 4.79 Å². The van der Waals surface area contributed by atoms with Crippen LogP contribution in [0.15, 0.2) is 24.3 Å². The summed E-state index contributed by atoms with van der Waals surface area (Å²) in [5.74, 6) is 0. The highest BCUT2D eigenvalue weighted by Gasteiger charge is 2.16. The summed E-state index contributed by atoms with van der Waals surface area (Å²) in [6.45, 7) is 8.67. The first-order chi connectivity index (χ1) is 9.28. The number of rotatable bonds is 5. The Morgan fingerprint density at radius 1 is 1.35 bits per heavy atom. The summed E-state index contributed by atoms with van der Waals surface area (Å²) in [6, 6.07) is 7.82. The van der Waals surface area contributed by atoms with E-state index in [1.807, 2.05) is 52.0 Å². The molecule has 0 aromatic heterocycles. The molecule has 1 aromatic rings. The van der Waals surface area contributed by atoms with E-state index in [1.165, 1.54) is 0 Å². The van der Waals surface area contributed by atoms with E-state index in [0.29, 0.717) is 13.1 Å². The van der Waals surface area contributed by atoms with Crippen LogP contribution >= 0.6 is 11.6 Å². The Labute approximate surface area is 125 Å². The minimum absolute atomic E-state index is 0.124. The molecule has 1 unspecified atom stereocenters. The fourth-order valence-electron chi connectivity index (χ4n) is 1.55. The van der Waals surface area contributed by atoms with Crippen molar-refractivity contribution in [2.75, 3.05) is 6.54 Å². The lowest BCUT2D eigenvalue weighted by atomic mass is 10.2. The zero-order chi connectivity index (χ0) is 15.2. The quantitative estimate of drug-likeness (QED) is 0.876. The largest absolute Gasteiger partial charge is 0.444 e. The van der Waals surface area contributed by atoms with Crippen molar-refractivity contribution in [3.8, 4) is 0 Å². The number of nitrogens with one attached hydrogen (secondary N) is 2. The smallest absolute Gasteiger partial charge is 0.407 e. The van der Waals surface area contributed by atoms with E-state index in [9.17, 15) is 4.79 Å². The molecular weight excluding hydrogens is 276 g/mol. The Morgan fingerprint density at radius 2 is 2.00 bits per heavy atom. The van der Waals surface area contributed by atoms with E-state index in [0.717, 1.165) is 10.6 Å². The summed E-state index contributed by atoms with van der Waals surface area (Å²) in [5.41, 5.74) is 0.566. The van der Waals surface area contributed by atoms with Crippen LogP contribution < -0.4 is 10.6 Å². The van der Waals surface area contributed by atoms with E-state index in [4.69, 9.17) is 16.3 Å². The first-order valence-electron chi connectivity index (χ1n) is 6.71. The van der Waals surface area contributed by atoms with Gasteiger partial charge in [-0.15, -0.1) is 0 Å². The predicted octanol–water partition coefficient (Wildman–Crippen LogP) is 3.34. The van der Waals surface area contributed by atoms with E-state index in [-0.39, 0.29) is 6.04 Å². The third-order valence-corrected chi connectivity index (χ3v) is 2.92. The lowest BCUT2D eigenvalue weighted by Gasteiger charge is -2.21. The van der Waals surface area contributed by atoms with Crippen LogP contribution in [0, 0.1) is 0 Å². The predicted molar refractivity (Wildman–Crippen MR) is 82.0 cm³/mol. The lowest BCUT2D eigenvalue weighted by molar-refractivity contribution is 0.0523. The van der Waals surface area contributed by atoms with E-state index in [2.05, 4.69) is 10.6 Å². The molecule has 0 aliphatic carbocycles. The van der Waals surface area contributed by atoms with Gasteiger partial charge in [0.2, 0.25) is 0 Å². The number of carbonyl (C=O) groups is 1. The summed E-state index contributed by atoms with van der Waals surface area (Å²) in [6.07, 6.45) is -0.399. The highest BCUT2D eigenvalue weighted by Crippen LogP contribution is 2.14. The van der Waals surface area contributed by atoms with Gasteiger partial charge in [0.25, 0.3) is 0 Å². The molecule has 1 rings (SSSR count). The van der Waals surface area contributed by atoms with Gasteiger partial charge in [-0.2, -0.15) is 0 Å². The van der Waals surface area contributed by atoms with Gasteiger partial charge in [-0.1, -0.05) is 29.8 Å². The molecule has 0 aliphatic heterocycles. The van der Waals surface area contributed by atoms with Crippen LogP contribution in [0.2, 0.25) is 5.02 Å². The zero-order valence-electron chi connectivity index (χ0n) is 12.5. The molecule has 0 fully saturated rings. The first kappa shape index (κ1) is 16.8. The molecule has 112 valence electrons. The molecule has 1 atom stereocenters. The highest BCUT2D eigenvalue weighted by molar-refractivity contribution is 6.31. The summed E-state index contributed by atoms with van der Waals surface area (Å²) >= 11 is 6.08. The van der Waals surface area contributed by atoms with Gasteiger partial charge < -0.3 is 15.4 Å². The van der Waals surface area contributed by atoms with Crippen molar-refractivity contribution in [2.45, 2.75) is 45.9 Å². The van der Waals surface area contributed by atoms with Crippen molar-refractivity contribution in [1.29, 1.82) is 0 Å². The molecule has 0 saturated heterocycles.